The van der Waals surface area contributed by atoms with Crippen molar-refractivity contribution < 1.29 is 4.79 Å². The van der Waals surface area contributed by atoms with E-state index in [1.54, 1.807) is 18.8 Å². The van der Waals surface area contributed by atoms with Crippen molar-refractivity contribution in [1.82, 2.24) is 10.6 Å². The van der Waals surface area contributed by atoms with Crippen LogP contribution in [0.4, 0.5) is 0 Å². The summed E-state index contributed by atoms with van der Waals surface area (Å²) in [6, 6.07) is -0.107. The molecule has 1 amide bonds. The predicted molar refractivity (Wildman–Crippen MR) is 59.1 cm³/mol. The molecule has 0 aromatic carbocycles. The molecule has 13 heavy (non-hydrogen) atoms. The van der Waals surface area contributed by atoms with Gasteiger partial charge in [-0.05, 0) is 14.0 Å². The molecule has 3 nitrogen and oxygen atoms in total. The quantitative estimate of drug-likeness (QED) is 0.470. The molecule has 0 spiro atoms. The van der Waals surface area contributed by atoms with E-state index < -0.39 is 0 Å². The second-order valence-corrected chi connectivity index (χ2v) is 3.81. The molecule has 0 bridgehead atoms. The van der Waals surface area contributed by atoms with Crippen LogP contribution in [0.5, 0.6) is 0 Å². The summed E-state index contributed by atoms with van der Waals surface area (Å²) >= 11 is 1.76. The number of amides is 1. The van der Waals surface area contributed by atoms with Gasteiger partial charge < -0.3 is 10.6 Å². The Morgan fingerprint density at radius 3 is 2.92 bits per heavy atom. The van der Waals surface area contributed by atoms with Gasteiger partial charge in [0.05, 0.1) is 6.04 Å². The van der Waals surface area contributed by atoms with Crippen LogP contribution in [0.3, 0.4) is 0 Å². The molecule has 1 atom stereocenters. The molecule has 0 aromatic rings. The van der Waals surface area contributed by atoms with Gasteiger partial charge in [-0.25, -0.2) is 0 Å². The van der Waals surface area contributed by atoms with Crippen molar-refractivity contribution >= 4 is 17.7 Å². The average Bonchev–Trinajstić information content (AvgIpc) is 2.16. The summed E-state index contributed by atoms with van der Waals surface area (Å²) < 4.78 is 0. The van der Waals surface area contributed by atoms with Crippen LogP contribution in [0.1, 0.15) is 6.92 Å². The van der Waals surface area contributed by atoms with E-state index in [9.17, 15) is 4.79 Å². The minimum atomic E-state index is -0.107. The standard InChI is InChI=1S/C9H18N2OS/c1-4-6-13-7-5-11-9(12)8(2)10-3/h4,8,10H,1,5-7H2,2-3H3,(H,11,12). The SMILES string of the molecule is C=CCSCCNC(=O)C(C)NC. The molecule has 0 aromatic heterocycles. The maximum atomic E-state index is 11.2. The molecule has 0 radical (unpaired) electrons. The first kappa shape index (κ1) is 12.5. The highest BCUT2D eigenvalue weighted by atomic mass is 32.2. The molecular formula is C9H18N2OS. The fraction of sp³-hybridized carbons (Fsp3) is 0.667. The molecule has 0 rings (SSSR count). The molecule has 0 aliphatic heterocycles. The maximum absolute atomic E-state index is 11.2. The Bertz CT molecular complexity index is 162. The van der Waals surface area contributed by atoms with Crippen molar-refractivity contribution in [3.8, 4) is 0 Å². The van der Waals surface area contributed by atoms with Crippen LogP contribution in [-0.2, 0) is 4.79 Å². The molecule has 0 heterocycles. The first-order chi connectivity index (χ1) is 6.22. The van der Waals surface area contributed by atoms with Crippen molar-refractivity contribution in [3.05, 3.63) is 12.7 Å². The molecule has 0 fully saturated rings. The summed E-state index contributed by atoms with van der Waals surface area (Å²) in [6.45, 7) is 6.18. The predicted octanol–water partition coefficient (Wildman–Crippen LogP) is 0.630. The summed E-state index contributed by atoms with van der Waals surface area (Å²) in [4.78, 5) is 11.2. The fourth-order valence-electron chi connectivity index (χ4n) is 0.697. The molecule has 1 unspecified atom stereocenters. The first-order valence-corrected chi connectivity index (χ1v) is 5.51. The van der Waals surface area contributed by atoms with E-state index in [1.807, 2.05) is 13.0 Å². The van der Waals surface area contributed by atoms with Gasteiger partial charge in [-0.1, -0.05) is 6.08 Å². The van der Waals surface area contributed by atoms with Crippen LogP contribution in [-0.4, -0.2) is 37.0 Å². The summed E-state index contributed by atoms with van der Waals surface area (Å²) in [5.74, 6) is 1.94. The Morgan fingerprint density at radius 1 is 1.69 bits per heavy atom. The van der Waals surface area contributed by atoms with Gasteiger partial charge in [0, 0.05) is 18.1 Å². The molecule has 0 saturated heterocycles. The Labute approximate surface area is 84.4 Å². The lowest BCUT2D eigenvalue weighted by Crippen LogP contribution is -2.41. The van der Waals surface area contributed by atoms with Crippen molar-refractivity contribution in [1.29, 1.82) is 0 Å². The van der Waals surface area contributed by atoms with Gasteiger partial charge in [0.2, 0.25) is 5.91 Å². The highest BCUT2D eigenvalue weighted by molar-refractivity contribution is 7.99. The monoisotopic (exact) mass is 202 g/mol. The summed E-state index contributed by atoms with van der Waals surface area (Å²) in [6.07, 6.45) is 1.86. The summed E-state index contributed by atoms with van der Waals surface area (Å²) in [5.41, 5.74) is 0. The molecular weight excluding hydrogens is 184 g/mol. The van der Waals surface area contributed by atoms with Crippen LogP contribution < -0.4 is 10.6 Å². The number of carbonyl (C=O) groups excluding carboxylic acids is 1. The highest BCUT2D eigenvalue weighted by Crippen LogP contribution is 1.96. The normalized spacial score (nSPS) is 12.2. The first-order valence-electron chi connectivity index (χ1n) is 4.36. The molecule has 0 aliphatic carbocycles. The number of hydrogen-bond donors (Lipinski definition) is 2. The lowest BCUT2D eigenvalue weighted by atomic mass is 10.3. The van der Waals surface area contributed by atoms with Gasteiger partial charge >= 0.3 is 0 Å². The Morgan fingerprint density at radius 2 is 2.38 bits per heavy atom. The molecule has 4 heteroatoms. The van der Waals surface area contributed by atoms with Gasteiger partial charge in [0.25, 0.3) is 0 Å². The second kappa shape index (κ2) is 8.13. The van der Waals surface area contributed by atoms with E-state index in [4.69, 9.17) is 0 Å². The van der Waals surface area contributed by atoms with E-state index in [1.165, 1.54) is 0 Å². The number of nitrogens with one attached hydrogen (secondary N) is 2. The summed E-state index contributed by atoms with van der Waals surface area (Å²) in [5, 5.41) is 5.72. The van der Waals surface area contributed by atoms with Gasteiger partial charge in [0.15, 0.2) is 0 Å². The minimum Gasteiger partial charge on any atom is -0.354 e. The zero-order valence-electron chi connectivity index (χ0n) is 8.30. The van der Waals surface area contributed by atoms with E-state index in [0.717, 1.165) is 18.1 Å². The highest BCUT2D eigenvalue weighted by Gasteiger charge is 2.07. The zero-order chi connectivity index (χ0) is 10.1. The van der Waals surface area contributed by atoms with Crippen LogP contribution in [0.2, 0.25) is 0 Å². The Kier molecular flexibility index (Phi) is 7.83. The second-order valence-electron chi connectivity index (χ2n) is 2.66. The van der Waals surface area contributed by atoms with Gasteiger partial charge in [-0.2, -0.15) is 11.8 Å². The van der Waals surface area contributed by atoms with Gasteiger partial charge in [-0.15, -0.1) is 6.58 Å². The van der Waals surface area contributed by atoms with Gasteiger partial charge in [-0.3, -0.25) is 4.79 Å². The van der Waals surface area contributed by atoms with Crippen molar-refractivity contribution in [2.75, 3.05) is 25.1 Å². The van der Waals surface area contributed by atoms with Crippen molar-refractivity contribution in [3.63, 3.8) is 0 Å². The maximum Gasteiger partial charge on any atom is 0.236 e. The number of likely N-dealkylation sites (N-methyl/N-ethyl adjacent to an activating group) is 1. The van der Waals surface area contributed by atoms with Crippen LogP contribution in [0.15, 0.2) is 12.7 Å². The van der Waals surface area contributed by atoms with Crippen LogP contribution in [0, 0.1) is 0 Å². The zero-order valence-corrected chi connectivity index (χ0v) is 9.12. The Hall–Kier alpha value is -0.480. The third kappa shape index (κ3) is 6.66. The number of hydrogen-bond acceptors (Lipinski definition) is 3. The molecule has 0 aliphatic rings. The summed E-state index contributed by atoms with van der Waals surface area (Å²) in [7, 11) is 1.77. The fourth-order valence-corrected chi connectivity index (χ4v) is 1.28. The minimum absolute atomic E-state index is 0.0571. The van der Waals surface area contributed by atoms with E-state index in [2.05, 4.69) is 17.2 Å². The lowest BCUT2D eigenvalue weighted by Gasteiger charge is -2.10. The van der Waals surface area contributed by atoms with Crippen molar-refractivity contribution in [2.24, 2.45) is 0 Å². The van der Waals surface area contributed by atoms with Crippen LogP contribution >= 0.6 is 11.8 Å². The molecule has 2 N–H and O–H groups in total. The lowest BCUT2D eigenvalue weighted by molar-refractivity contribution is -0.122. The average molecular weight is 202 g/mol. The smallest absolute Gasteiger partial charge is 0.236 e. The largest absolute Gasteiger partial charge is 0.354 e. The molecule has 76 valence electrons. The van der Waals surface area contributed by atoms with Gasteiger partial charge in [0.1, 0.15) is 0 Å². The third-order valence-corrected chi connectivity index (χ3v) is 2.57. The van der Waals surface area contributed by atoms with E-state index >= 15 is 0 Å². The number of thioether (sulfide) groups is 1. The number of carbonyl (C=O) groups is 1. The van der Waals surface area contributed by atoms with E-state index in [-0.39, 0.29) is 11.9 Å². The van der Waals surface area contributed by atoms with Crippen LogP contribution in [0.25, 0.3) is 0 Å². The third-order valence-electron chi connectivity index (χ3n) is 1.61. The topological polar surface area (TPSA) is 41.1 Å². The Balaban J connectivity index is 3.31. The van der Waals surface area contributed by atoms with E-state index in [0.29, 0.717) is 0 Å². The number of rotatable bonds is 7. The molecule has 0 saturated carbocycles. The van der Waals surface area contributed by atoms with Crippen molar-refractivity contribution in [2.45, 2.75) is 13.0 Å².